The number of aromatic nitrogens is 1. The summed E-state index contributed by atoms with van der Waals surface area (Å²) in [6.07, 6.45) is 1.54. The van der Waals surface area contributed by atoms with Crippen LogP contribution in [-0.4, -0.2) is 72.0 Å². The first-order valence-corrected chi connectivity index (χ1v) is 13.5. The summed E-state index contributed by atoms with van der Waals surface area (Å²) in [7, 11) is -3.94. The smallest absolute Gasteiger partial charge is 0.261 e. The van der Waals surface area contributed by atoms with Crippen molar-refractivity contribution in [1.82, 2.24) is 10.3 Å². The molecular formula is C25H29N7O6S. The maximum absolute atomic E-state index is 13.0. The number of hydrogen-bond acceptors (Lipinski definition) is 8. The molecular weight excluding hydrogens is 526 g/mol. The average molecular weight is 556 g/mol. The number of nitrogens with zero attached hydrogens (tertiary/aromatic N) is 4. The van der Waals surface area contributed by atoms with Crippen molar-refractivity contribution in [3.8, 4) is 6.07 Å². The number of rotatable bonds is 16. The van der Waals surface area contributed by atoms with Crippen LogP contribution in [0.1, 0.15) is 21.5 Å². The molecule has 0 spiro atoms. The number of aromatic amines is 1. The van der Waals surface area contributed by atoms with Gasteiger partial charge in [0.1, 0.15) is 6.07 Å². The van der Waals surface area contributed by atoms with Crippen LogP contribution in [0.25, 0.3) is 21.3 Å². The fourth-order valence-electron chi connectivity index (χ4n) is 3.61. The third kappa shape index (κ3) is 8.44. The van der Waals surface area contributed by atoms with Crippen molar-refractivity contribution >= 4 is 32.5 Å². The van der Waals surface area contributed by atoms with E-state index in [1.54, 1.807) is 12.1 Å². The Morgan fingerprint density at radius 1 is 1.05 bits per heavy atom. The molecule has 0 bridgehead atoms. The van der Waals surface area contributed by atoms with Gasteiger partial charge in [-0.15, -0.1) is 0 Å². The number of sulfonamides is 1. The Morgan fingerprint density at radius 3 is 2.38 bits per heavy atom. The normalized spacial score (nSPS) is 11.1. The Morgan fingerprint density at radius 2 is 1.72 bits per heavy atom. The Hall–Kier alpha value is -4.12. The highest BCUT2D eigenvalue weighted by atomic mass is 32.2. The van der Waals surface area contributed by atoms with Gasteiger partial charge in [-0.2, -0.15) is 5.26 Å². The zero-order chi connectivity index (χ0) is 28.1. The molecule has 2 aromatic carbocycles. The monoisotopic (exact) mass is 555 g/mol. The predicted molar refractivity (Wildman–Crippen MR) is 144 cm³/mol. The lowest BCUT2D eigenvalue weighted by Crippen LogP contribution is -2.27. The van der Waals surface area contributed by atoms with E-state index in [1.165, 1.54) is 30.5 Å². The van der Waals surface area contributed by atoms with Crippen LogP contribution >= 0.6 is 0 Å². The summed E-state index contributed by atoms with van der Waals surface area (Å²) in [5.41, 5.74) is 10.6. The zero-order valence-corrected chi connectivity index (χ0v) is 22.2. The van der Waals surface area contributed by atoms with E-state index in [1.807, 2.05) is 6.92 Å². The molecule has 0 aliphatic rings. The second-order valence-electron chi connectivity index (χ2n) is 8.17. The third-order valence-electron chi connectivity index (χ3n) is 5.51. The first-order chi connectivity index (χ1) is 18.9. The van der Waals surface area contributed by atoms with Crippen LogP contribution in [0.3, 0.4) is 0 Å². The molecule has 0 saturated carbocycles. The molecule has 0 aliphatic carbocycles. The number of amides is 1. The summed E-state index contributed by atoms with van der Waals surface area (Å²) < 4.78 is 44.4. The van der Waals surface area contributed by atoms with Crippen LogP contribution in [-0.2, 0) is 24.2 Å². The van der Waals surface area contributed by atoms with E-state index in [9.17, 15) is 18.5 Å². The van der Waals surface area contributed by atoms with Gasteiger partial charge in [0.15, 0.2) is 0 Å². The summed E-state index contributed by atoms with van der Waals surface area (Å²) in [5, 5.41) is 16.0. The number of hydrogen-bond donors (Lipinski definition) is 3. The average Bonchev–Trinajstić information content (AvgIpc) is 3.38. The van der Waals surface area contributed by atoms with E-state index in [-0.39, 0.29) is 30.5 Å². The number of H-pyrrole nitrogens is 1. The molecule has 0 unspecified atom stereocenters. The lowest BCUT2D eigenvalue weighted by molar-refractivity contribution is 0.0166. The number of nitriles is 1. The van der Waals surface area contributed by atoms with Gasteiger partial charge in [-0.1, -0.05) is 11.2 Å². The molecule has 3 N–H and O–H groups in total. The van der Waals surface area contributed by atoms with Crippen molar-refractivity contribution in [1.29, 1.82) is 5.26 Å². The van der Waals surface area contributed by atoms with Gasteiger partial charge >= 0.3 is 0 Å². The van der Waals surface area contributed by atoms with E-state index in [0.29, 0.717) is 60.8 Å². The van der Waals surface area contributed by atoms with Crippen molar-refractivity contribution < 1.29 is 27.4 Å². The van der Waals surface area contributed by atoms with Gasteiger partial charge in [-0.25, -0.2) is 8.42 Å². The molecule has 3 aromatic rings. The summed E-state index contributed by atoms with van der Waals surface area (Å²) in [4.78, 5) is 18.0. The predicted octanol–water partition coefficient (Wildman–Crippen LogP) is 3.24. The van der Waals surface area contributed by atoms with Crippen molar-refractivity contribution in [2.24, 2.45) is 5.11 Å². The molecule has 0 atom stereocenters. The van der Waals surface area contributed by atoms with Crippen molar-refractivity contribution in [2.75, 3.05) is 57.5 Å². The van der Waals surface area contributed by atoms with E-state index in [4.69, 9.17) is 19.7 Å². The number of nitrogens with one attached hydrogen (secondary N) is 3. The Bertz CT molecular complexity index is 1460. The minimum atomic E-state index is -3.94. The van der Waals surface area contributed by atoms with Crippen LogP contribution in [0.2, 0.25) is 0 Å². The Balaban J connectivity index is 1.41. The van der Waals surface area contributed by atoms with Crippen LogP contribution < -0.4 is 10.0 Å². The molecule has 206 valence electrons. The summed E-state index contributed by atoms with van der Waals surface area (Å²) >= 11 is 0. The summed E-state index contributed by atoms with van der Waals surface area (Å²) in [5.74, 6) is -0.361. The van der Waals surface area contributed by atoms with E-state index < -0.39 is 10.0 Å². The maximum Gasteiger partial charge on any atom is 0.261 e. The second kappa shape index (κ2) is 14.7. The largest absolute Gasteiger partial charge is 0.379 e. The van der Waals surface area contributed by atoms with Crippen LogP contribution in [0.15, 0.2) is 52.6 Å². The van der Waals surface area contributed by atoms with Crippen molar-refractivity contribution in [3.63, 3.8) is 0 Å². The van der Waals surface area contributed by atoms with Gasteiger partial charge in [0.2, 0.25) is 0 Å². The molecule has 1 heterocycles. The molecule has 0 aliphatic heterocycles. The number of aryl methyl sites for hydroxylation is 1. The highest BCUT2D eigenvalue weighted by Gasteiger charge is 2.18. The van der Waals surface area contributed by atoms with Gasteiger partial charge in [-0.05, 0) is 48.4 Å². The van der Waals surface area contributed by atoms with Gasteiger partial charge in [-0.3, -0.25) is 9.52 Å². The van der Waals surface area contributed by atoms with Crippen LogP contribution in [0.5, 0.6) is 0 Å². The number of carbonyl (C=O) groups excluding carboxylic acids is 1. The summed E-state index contributed by atoms with van der Waals surface area (Å²) in [6, 6.07) is 11.0. The van der Waals surface area contributed by atoms with Crippen molar-refractivity contribution in [2.45, 2.75) is 11.8 Å². The fourth-order valence-corrected chi connectivity index (χ4v) is 4.69. The highest BCUT2D eigenvalue weighted by Crippen LogP contribution is 2.30. The first-order valence-electron chi connectivity index (χ1n) is 12.0. The Kier molecular flexibility index (Phi) is 11.1. The molecule has 13 nitrogen and oxygen atoms in total. The van der Waals surface area contributed by atoms with Gasteiger partial charge in [0, 0.05) is 35.1 Å². The first kappa shape index (κ1) is 29.4. The zero-order valence-electron chi connectivity index (χ0n) is 21.3. The second-order valence-corrected chi connectivity index (χ2v) is 9.85. The van der Waals surface area contributed by atoms with Gasteiger partial charge in [0.05, 0.1) is 61.3 Å². The molecule has 1 aromatic heterocycles. The molecule has 0 fully saturated rings. The van der Waals surface area contributed by atoms with Gasteiger partial charge < -0.3 is 24.5 Å². The standard InChI is InChI=1S/C25H29N7O6S/c1-18-2-7-22(24-23(18)20(16-26)17-29-24)31-39(34,35)21-5-3-19(4-6-21)25(33)28-8-10-36-12-14-38-15-13-37-11-9-30-32-27/h2-7,17,29,31H,8-15H2,1H3,(H,28,33). The van der Waals surface area contributed by atoms with E-state index >= 15 is 0 Å². The van der Waals surface area contributed by atoms with Crippen LogP contribution in [0.4, 0.5) is 5.69 Å². The Labute approximate surface area is 225 Å². The number of azide groups is 1. The van der Waals surface area contributed by atoms with Crippen molar-refractivity contribution in [3.05, 3.63) is 69.7 Å². The quantitative estimate of drug-likeness (QED) is 0.104. The SMILES string of the molecule is Cc1ccc(NS(=O)(=O)c2ccc(C(=O)NCCOCCOCCOCCN=[N+]=[N-])cc2)c2[nH]cc(C#N)c12. The molecule has 0 radical (unpaired) electrons. The lowest BCUT2D eigenvalue weighted by Gasteiger charge is -2.11. The topological polar surface area (TPSA) is 191 Å². The third-order valence-corrected chi connectivity index (χ3v) is 6.89. The molecule has 39 heavy (non-hydrogen) atoms. The van der Waals surface area contributed by atoms with Crippen LogP contribution in [0, 0.1) is 18.3 Å². The lowest BCUT2D eigenvalue weighted by atomic mass is 10.1. The van der Waals surface area contributed by atoms with E-state index in [0.717, 1.165) is 5.56 Å². The maximum atomic E-state index is 13.0. The molecule has 3 rings (SSSR count). The number of anilines is 1. The minimum Gasteiger partial charge on any atom is -0.379 e. The molecule has 1 amide bonds. The number of carbonyl (C=O) groups is 1. The minimum absolute atomic E-state index is 0.00996. The molecule has 0 saturated heterocycles. The van der Waals surface area contributed by atoms with Gasteiger partial charge in [0.25, 0.3) is 15.9 Å². The number of benzene rings is 2. The summed E-state index contributed by atoms with van der Waals surface area (Å²) in [6.45, 7) is 4.52. The highest BCUT2D eigenvalue weighted by molar-refractivity contribution is 7.92. The fraction of sp³-hybridized carbons (Fsp3) is 0.360. The number of ether oxygens (including phenoxy) is 3. The molecule has 14 heteroatoms. The van der Waals surface area contributed by atoms with E-state index in [2.05, 4.69) is 31.1 Å². The number of fused-ring (bicyclic) bond motifs is 1.